The Hall–Kier alpha value is -0.910. The summed E-state index contributed by atoms with van der Waals surface area (Å²) < 4.78 is 29.7. The first-order valence-corrected chi connectivity index (χ1v) is 7.70. The highest BCUT2D eigenvalue weighted by atomic mass is 32.2. The summed E-state index contributed by atoms with van der Waals surface area (Å²) in [5.41, 5.74) is 0.977. The predicted molar refractivity (Wildman–Crippen MR) is 65.4 cm³/mol. The van der Waals surface area contributed by atoms with Crippen molar-refractivity contribution in [1.82, 2.24) is 4.90 Å². The zero-order chi connectivity index (χ0) is 12.4. The minimum atomic E-state index is -3.59. The maximum atomic E-state index is 12.2. The lowest BCUT2D eigenvalue weighted by Crippen LogP contribution is -2.25. The van der Waals surface area contributed by atoms with Gasteiger partial charge >= 0.3 is 0 Å². The minimum absolute atomic E-state index is 0.120. The van der Waals surface area contributed by atoms with Gasteiger partial charge in [0.25, 0.3) is 10.1 Å². The van der Waals surface area contributed by atoms with Crippen molar-refractivity contribution >= 4 is 10.1 Å². The third kappa shape index (κ3) is 1.47. The van der Waals surface area contributed by atoms with Crippen molar-refractivity contribution in [2.75, 3.05) is 19.7 Å². The number of piperidine rings is 1. The van der Waals surface area contributed by atoms with Crippen LogP contribution in [0.1, 0.15) is 12.0 Å². The van der Waals surface area contributed by atoms with Gasteiger partial charge in [-0.15, -0.1) is 0 Å². The van der Waals surface area contributed by atoms with E-state index in [0.717, 1.165) is 31.6 Å². The zero-order valence-corrected chi connectivity index (χ0v) is 10.8. The Bertz CT molecular complexity index is 612. The lowest BCUT2D eigenvalue weighted by Gasteiger charge is -2.19. The molecule has 3 unspecified atom stereocenters. The van der Waals surface area contributed by atoms with E-state index in [1.54, 1.807) is 12.1 Å². The summed E-state index contributed by atoms with van der Waals surface area (Å²) in [5.74, 6) is 0.637. The topological polar surface area (TPSA) is 46.6 Å². The van der Waals surface area contributed by atoms with Gasteiger partial charge < -0.3 is 0 Å². The molecule has 0 radical (unpaired) electrons. The van der Waals surface area contributed by atoms with Gasteiger partial charge in [0.15, 0.2) is 0 Å². The number of rotatable bonds is 0. The Balaban J connectivity index is 1.82. The van der Waals surface area contributed by atoms with Crippen LogP contribution in [0.4, 0.5) is 0 Å². The Morgan fingerprint density at radius 3 is 3.06 bits per heavy atom. The molecule has 3 atom stereocenters. The highest BCUT2D eigenvalue weighted by molar-refractivity contribution is 7.86. The minimum Gasteiger partial charge on any atom is -0.298 e. The fraction of sp³-hybridized carbons (Fsp3) is 0.538. The van der Waals surface area contributed by atoms with Gasteiger partial charge in [-0.05, 0) is 24.0 Å². The molecule has 1 saturated heterocycles. The highest BCUT2D eigenvalue weighted by Crippen LogP contribution is 2.58. The van der Waals surface area contributed by atoms with Crippen LogP contribution >= 0.6 is 0 Å². The summed E-state index contributed by atoms with van der Waals surface area (Å²) in [6.45, 7) is 3.13. The molecule has 1 aromatic carbocycles. The fourth-order valence-electron chi connectivity index (χ4n) is 3.43. The Morgan fingerprint density at radius 2 is 2.17 bits per heavy atom. The van der Waals surface area contributed by atoms with Crippen LogP contribution in [0.3, 0.4) is 0 Å². The predicted octanol–water partition coefficient (Wildman–Crippen LogP) is 1.23. The SMILES string of the molecule is O=S1(=O)OCC23CC2CN(Cc2ccccc21)C3. The van der Waals surface area contributed by atoms with E-state index < -0.39 is 10.1 Å². The van der Waals surface area contributed by atoms with Crippen LogP contribution in [0.15, 0.2) is 29.2 Å². The molecule has 4 nitrogen and oxygen atoms in total. The third-order valence-corrected chi connectivity index (χ3v) is 5.88. The van der Waals surface area contributed by atoms with E-state index >= 15 is 0 Å². The molecule has 18 heavy (non-hydrogen) atoms. The van der Waals surface area contributed by atoms with Gasteiger partial charge in [-0.2, -0.15) is 8.42 Å². The van der Waals surface area contributed by atoms with Crippen molar-refractivity contribution in [2.24, 2.45) is 11.3 Å². The number of hydrogen-bond acceptors (Lipinski definition) is 4. The van der Waals surface area contributed by atoms with E-state index in [1.807, 2.05) is 12.1 Å². The van der Waals surface area contributed by atoms with E-state index in [-0.39, 0.29) is 5.41 Å². The molecule has 5 heteroatoms. The van der Waals surface area contributed by atoms with Crippen LogP contribution in [-0.4, -0.2) is 33.0 Å². The van der Waals surface area contributed by atoms with Crippen LogP contribution < -0.4 is 0 Å². The molecule has 2 bridgehead atoms. The molecular weight excluding hydrogens is 250 g/mol. The van der Waals surface area contributed by atoms with Crippen LogP contribution in [0, 0.1) is 11.3 Å². The van der Waals surface area contributed by atoms with Gasteiger partial charge in [-0.25, -0.2) is 0 Å². The molecule has 1 aromatic rings. The first kappa shape index (κ1) is 11.0. The average Bonchev–Trinajstić information content (AvgIpc) is 2.89. The number of hydrogen-bond donors (Lipinski definition) is 0. The second-order valence-electron chi connectivity index (χ2n) is 5.76. The molecule has 2 aliphatic heterocycles. The van der Waals surface area contributed by atoms with Crippen LogP contribution in [0.2, 0.25) is 0 Å². The van der Waals surface area contributed by atoms with Crippen LogP contribution in [0.25, 0.3) is 0 Å². The summed E-state index contributed by atoms with van der Waals surface area (Å²) in [6, 6.07) is 7.17. The molecule has 1 aliphatic carbocycles. The second-order valence-corrected chi connectivity index (χ2v) is 7.34. The maximum absolute atomic E-state index is 12.2. The van der Waals surface area contributed by atoms with Crippen LogP contribution in [-0.2, 0) is 20.8 Å². The number of benzene rings is 1. The monoisotopic (exact) mass is 265 g/mol. The van der Waals surface area contributed by atoms with Crippen molar-refractivity contribution in [3.8, 4) is 0 Å². The molecular formula is C13H15NO3S. The molecule has 96 valence electrons. The Kier molecular flexibility index (Phi) is 2.04. The first-order chi connectivity index (χ1) is 8.59. The molecule has 0 aromatic heterocycles. The molecule has 2 fully saturated rings. The third-order valence-electron chi connectivity index (χ3n) is 4.51. The molecule has 1 spiro atoms. The summed E-state index contributed by atoms with van der Waals surface area (Å²) in [6.07, 6.45) is 1.12. The highest BCUT2D eigenvalue weighted by Gasteiger charge is 2.60. The van der Waals surface area contributed by atoms with Crippen molar-refractivity contribution in [3.05, 3.63) is 29.8 Å². The quantitative estimate of drug-likeness (QED) is 0.662. The van der Waals surface area contributed by atoms with Crippen molar-refractivity contribution < 1.29 is 12.6 Å². The summed E-state index contributed by atoms with van der Waals surface area (Å²) >= 11 is 0. The lowest BCUT2D eigenvalue weighted by molar-refractivity contribution is 0.210. The summed E-state index contributed by atoms with van der Waals surface area (Å²) in [4.78, 5) is 2.70. The summed E-state index contributed by atoms with van der Waals surface area (Å²) in [5, 5.41) is 0. The molecule has 1 saturated carbocycles. The number of nitrogens with zero attached hydrogens (tertiary/aromatic N) is 1. The molecule has 3 aliphatic rings. The van der Waals surface area contributed by atoms with Gasteiger partial charge in [0.05, 0.1) is 11.5 Å². The molecule has 0 amide bonds. The Morgan fingerprint density at radius 1 is 1.33 bits per heavy atom. The van der Waals surface area contributed by atoms with E-state index in [4.69, 9.17) is 4.18 Å². The fourth-order valence-corrected chi connectivity index (χ4v) is 4.64. The van der Waals surface area contributed by atoms with Crippen molar-refractivity contribution in [3.63, 3.8) is 0 Å². The molecule has 2 heterocycles. The van der Waals surface area contributed by atoms with E-state index in [0.29, 0.717) is 17.4 Å². The van der Waals surface area contributed by atoms with Crippen LogP contribution in [0.5, 0.6) is 0 Å². The number of fused-ring (bicyclic) bond motifs is 2. The van der Waals surface area contributed by atoms with E-state index in [9.17, 15) is 8.42 Å². The zero-order valence-electron chi connectivity index (χ0n) is 10.0. The lowest BCUT2D eigenvalue weighted by atomic mass is 10.1. The summed E-state index contributed by atoms with van der Waals surface area (Å²) in [7, 11) is -3.59. The largest absolute Gasteiger partial charge is 0.298 e. The van der Waals surface area contributed by atoms with E-state index in [2.05, 4.69) is 4.90 Å². The maximum Gasteiger partial charge on any atom is 0.297 e. The van der Waals surface area contributed by atoms with Gasteiger partial charge in [0, 0.05) is 25.0 Å². The van der Waals surface area contributed by atoms with Crippen molar-refractivity contribution in [2.45, 2.75) is 17.9 Å². The van der Waals surface area contributed by atoms with Gasteiger partial charge in [0.1, 0.15) is 0 Å². The Labute approximate surface area is 107 Å². The average molecular weight is 265 g/mol. The smallest absolute Gasteiger partial charge is 0.297 e. The van der Waals surface area contributed by atoms with Gasteiger partial charge in [-0.3, -0.25) is 9.08 Å². The molecule has 0 N–H and O–H groups in total. The standard InChI is InChI=1S/C13H15NO3S/c15-18(16)12-4-2-1-3-10(12)6-14-7-11-5-13(11,8-14)9-17-18/h1-4,11H,5-9H2. The second kappa shape index (κ2) is 3.35. The van der Waals surface area contributed by atoms with Gasteiger partial charge in [-0.1, -0.05) is 18.2 Å². The first-order valence-electron chi connectivity index (χ1n) is 6.29. The normalized spacial score (nSPS) is 40.0. The molecule has 4 rings (SSSR count). The van der Waals surface area contributed by atoms with E-state index in [1.165, 1.54) is 0 Å². The van der Waals surface area contributed by atoms with Gasteiger partial charge in [0.2, 0.25) is 0 Å². The van der Waals surface area contributed by atoms with Crippen molar-refractivity contribution in [1.29, 1.82) is 0 Å².